The molecule has 4 rings (SSSR count). The van der Waals surface area contributed by atoms with Gasteiger partial charge in [0.2, 0.25) is 0 Å². The zero-order chi connectivity index (χ0) is 25.3. The van der Waals surface area contributed by atoms with Gasteiger partial charge in [0.05, 0.1) is 22.9 Å². The molecule has 0 radical (unpaired) electrons. The first kappa shape index (κ1) is 24.6. The van der Waals surface area contributed by atoms with Crippen molar-refractivity contribution in [3.63, 3.8) is 0 Å². The first-order valence-corrected chi connectivity index (χ1v) is 10.7. The summed E-state index contributed by atoms with van der Waals surface area (Å²) in [5, 5.41) is 32.0. The summed E-state index contributed by atoms with van der Waals surface area (Å²) < 4.78 is 38.5. The van der Waals surface area contributed by atoms with Crippen molar-refractivity contribution in [2.24, 2.45) is 0 Å². The van der Waals surface area contributed by atoms with Crippen molar-refractivity contribution in [3.05, 3.63) is 64.9 Å². The molecule has 12 heteroatoms. The summed E-state index contributed by atoms with van der Waals surface area (Å²) in [5.74, 6) is 1.04. The molecule has 0 unspecified atom stereocenters. The van der Waals surface area contributed by atoms with Crippen LogP contribution in [0, 0.1) is 0 Å². The van der Waals surface area contributed by atoms with Crippen molar-refractivity contribution < 1.29 is 23.4 Å². The Morgan fingerprint density at radius 1 is 1.03 bits per heavy atom. The lowest BCUT2D eigenvalue weighted by atomic mass is 10.0. The summed E-state index contributed by atoms with van der Waals surface area (Å²) >= 11 is 6.41. The molecule has 0 aliphatic heterocycles. The molecule has 1 aromatic carbocycles. The van der Waals surface area contributed by atoms with Crippen molar-refractivity contribution in [1.29, 1.82) is 0 Å². The van der Waals surface area contributed by atoms with Crippen LogP contribution in [-0.4, -0.2) is 51.1 Å². The first-order valence-electron chi connectivity index (χ1n) is 10.3. The number of anilines is 3. The highest BCUT2D eigenvalue weighted by Gasteiger charge is 2.30. The summed E-state index contributed by atoms with van der Waals surface area (Å²) in [7, 11) is 3.61. The number of alkyl halides is 3. The maximum Gasteiger partial charge on any atom is 0.417 e. The highest BCUT2D eigenvalue weighted by Crippen LogP contribution is 2.35. The van der Waals surface area contributed by atoms with Crippen molar-refractivity contribution in [3.8, 4) is 11.3 Å². The van der Waals surface area contributed by atoms with Crippen molar-refractivity contribution in [2.75, 3.05) is 30.9 Å². The SMILES string of the molecule is CN(C)c1nnc(Nc2ccc(C(F)(F)F)cn2)c2ccc(-c3ncc([C@@H](O)CO)cc3Cl)cc12. The number of aliphatic hydroxyl groups excluding tert-OH is 2. The van der Waals surface area contributed by atoms with E-state index in [2.05, 4.69) is 25.5 Å². The van der Waals surface area contributed by atoms with E-state index in [1.54, 1.807) is 31.1 Å². The fourth-order valence-electron chi connectivity index (χ4n) is 3.42. The lowest BCUT2D eigenvalue weighted by Gasteiger charge is -2.17. The van der Waals surface area contributed by atoms with Crippen LogP contribution in [0.2, 0.25) is 5.02 Å². The van der Waals surface area contributed by atoms with Crippen molar-refractivity contribution in [2.45, 2.75) is 12.3 Å². The lowest BCUT2D eigenvalue weighted by molar-refractivity contribution is -0.137. The Morgan fingerprint density at radius 3 is 2.40 bits per heavy atom. The number of hydrogen-bond acceptors (Lipinski definition) is 8. The molecule has 0 amide bonds. The van der Waals surface area contributed by atoms with E-state index < -0.39 is 24.5 Å². The molecule has 4 aromatic rings. The second-order valence-corrected chi connectivity index (χ2v) is 8.29. The zero-order valence-electron chi connectivity index (χ0n) is 18.5. The molecular formula is C23H20ClF3N6O2. The number of benzene rings is 1. The molecule has 182 valence electrons. The number of aromatic nitrogens is 4. The molecule has 0 bridgehead atoms. The van der Waals surface area contributed by atoms with Crippen LogP contribution in [0.3, 0.4) is 0 Å². The van der Waals surface area contributed by atoms with E-state index in [1.165, 1.54) is 18.3 Å². The number of hydrogen-bond donors (Lipinski definition) is 3. The number of halogens is 4. The molecule has 1 atom stereocenters. The zero-order valence-corrected chi connectivity index (χ0v) is 19.3. The van der Waals surface area contributed by atoms with Crippen LogP contribution >= 0.6 is 11.6 Å². The second-order valence-electron chi connectivity index (χ2n) is 7.88. The van der Waals surface area contributed by atoms with E-state index in [-0.39, 0.29) is 10.8 Å². The molecule has 0 aliphatic carbocycles. The number of rotatable bonds is 6. The van der Waals surface area contributed by atoms with Gasteiger partial charge in [0.1, 0.15) is 11.9 Å². The van der Waals surface area contributed by atoms with E-state index in [4.69, 9.17) is 16.7 Å². The maximum absolute atomic E-state index is 12.8. The van der Waals surface area contributed by atoms with Crippen LogP contribution in [0.1, 0.15) is 17.2 Å². The fourth-order valence-corrected chi connectivity index (χ4v) is 3.70. The van der Waals surface area contributed by atoms with Gasteiger partial charge in [-0.1, -0.05) is 17.7 Å². The van der Waals surface area contributed by atoms with E-state index in [1.807, 2.05) is 6.07 Å². The predicted octanol–water partition coefficient (Wildman–Crippen LogP) is 4.59. The Balaban J connectivity index is 1.75. The molecule has 0 saturated heterocycles. The summed E-state index contributed by atoms with van der Waals surface area (Å²) in [4.78, 5) is 9.96. The largest absolute Gasteiger partial charge is 0.417 e. The predicted molar refractivity (Wildman–Crippen MR) is 127 cm³/mol. The monoisotopic (exact) mass is 504 g/mol. The van der Waals surface area contributed by atoms with E-state index in [9.17, 15) is 18.3 Å². The van der Waals surface area contributed by atoms with Gasteiger partial charge in [-0.3, -0.25) is 4.98 Å². The van der Waals surface area contributed by atoms with Gasteiger partial charge in [0, 0.05) is 48.4 Å². The lowest BCUT2D eigenvalue weighted by Crippen LogP contribution is -2.13. The second kappa shape index (κ2) is 9.61. The highest BCUT2D eigenvalue weighted by molar-refractivity contribution is 6.33. The Morgan fingerprint density at radius 2 is 1.80 bits per heavy atom. The molecule has 0 spiro atoms. The number of nitrogens with zero attached hydrogens (tertiary/aromatic N) is 5. The number of aliphatic hydroxyl groups is 2. The molecule has 0 aliphatic rings. The minimum Gasteiger partial charge on any atom is -0.393 e. The molecule has 0 fully saturated rings. The van der Waals surface area contributed by atoms with Crippen LogP contribution in [-0.2, 0) is 6.18 Å². The third-order valence-electron chi connectivity index (χ3n) is 5.21. The van der Waals surface area contributed by atoms with E-state index in [0.29, 0.717) is 39.2 Å². The maximum atomic E-state index is 12.8. The molecule has 3 aromatic heterocycles. The van der Waals surface area contributed by atoms with Crippen molar-refractivity contribution >= 4 is 39.8 Å². The van der Waals surface area contributed by atoms with E-state index in [0.717, 1.165) is 12.3 Å². The van der Waals surface area contributed by atoms with Crippen LogP contribution in [0.15, 0.2) is 48.8 Å². The standard InChI is InChI=1S/C23H20ClF3N6O2/c1-33(2)22-16-7-12(20-17(24)8-13(9-29-20)18(35)11-34)3-5-15(16)21(31-32-22)30-19-6-4-14(10-28-19)23(25,26)27/h3-10,18,34-35H,11H2,1-2H3,(H,28,30,31)/t18-/m0/s1. The third-order valence-corrected chi connectivity index (χ3v) is 5.50. The Labute approximate surface area is 203 Å². The average molecular weight is 505 g/mol. The van der Waals surface area contributed by atoms with Gasteiger partial charge in [0.25, 0.3) is 0 Å². The van der Waals surface area contributed by atoms with Crippen LogP contribution in [0.5, 0.6) is 0 Å². The topological polar surface area (TPSA) is 107 Å². The summed E-state index contributed by atoms with van der Waals surface area (Å²) in [6, 6.07) is 9.05. The summed E-state index contributed by atoms with van der Waals surface area (Å²) in [6.07, 6.45) is -3.39. The summed E-state index contributed by atoms with van der Waals surface area (Å²) in [6.45, 7) is -0.457. The van der Waals surface area contributed by atoms with Gasteiger partial charge >= 0.3 is 6.18 Å². The first-order chi connectivity index (χ1) is 16.6. The van der Waals surface area contributed by atoms with Gasteiger partial charge in [-0.15, -0.1) is 10.2 Å². The molecule has 8 nitrogen and oxygen atoms in total. The van der Waals surface area contributed by atoms with E-state index >= 15 is 0 Å². The highest BCUT2D eigenvalue weighted by atomic mass is 35.5. The molecule has 0 saturated carbocycles. The molecule has 35 heavy (non-hydrogen) atoms. The Bertz CT molecular complexity index is 1370. The summed E-state index contributed by atoms with van der Waals surface area (Å²) in [5.41, 5.74) is 0.663. The van der Waals surface area contributed by atoms with Gasteiger partial charge in [-0.05, 0) is 30.3 Å². The minimum absolute atomic E-state index is 0.179. The minimum atomic E-state index is -4.48. The molecule has 3 heterocycles. The number of pyridine rings is 2. The molecule has 3 N–H and O–H groups in total. The van der Waals surface area contributed by atoms with Crippen LogP contribution < -0.4 is 10.2 Å². The Kier molecular flexibility index (Phi) is 6.75. The normalized spacial score (nSPS) is 12.6. The number of fused-ring (bicyclic) bond motifs is 1. The van der Waals surface area contributed by atoms with Crippen LogP contribution in [0.4, 0.5) is 30.6 Å². The smallest absolute Gasteiger partial charge is 0.393 e. The van der Waals surface area contributed by atoms with Gasteiger partial charge < -0.3 is 20.4 Å². The average Bonchev–Trinajstić information content (AvgIpc) is 2.83. The van der Waals surface area contributed by atoms with Crippen molar-refractivity contribution in [1.82, 2.24) is 20.2 Å². The third kappa shape index (κ3) is 5.11. The van der Waals surface area contributed by atoms with Gasteiger partial charge in [0.15, 0.2) is 11.6 Å². The number of nitrogens with one attached hydrogen (secondary N) is 1. The quantitative estimate of drug-likeness (QED) is 0.350. The van der Waals surface area contributed by atoms with Gasteiger partial charge in [-0.2, -0.15) is 13.2 Å². The Hall–Kier alpha value is -3.54. The van der Waals surface area contributed by atoms with Gasteiger partial charge in [-0.25, -0.2) is 4.98 Å². The molecular weight excluding hydrogens is 485 g/mol. The van der Waals surface area contributed by atoms with Crippen LogP contribution in [0.25, 0.3) is 22.0 Å². The fraction of sp³-hybridized carbons (Fsp3) is 0.217.